The second-order valence-electron chi connectivity index (χ2n) is 3.52. The lowest BCUT2D eigenvalue weighted by atomic mass is 10.4. The average Bonchev–Trinajstić information content (AvgIpc) is 2.73. The molecule has 0 bridgehead atoms. The zero-order chi connectivity index (χ0) is 12.7. The van der Waals surface area contributed by atoms with Crippen molar-refractivity contribution in [2.45, 2.75) is 0 Å². The summed E-state index contributed by atoms with van der Waals surface area (Å²) in [4.78, 5) is 22.2. The molecule has 0 fully saturated rings. The topological polar surface area (TPSA) is 87.3 Å². The van der Waals surface area contributed by atoms with Crippen LogP contribution in [0.15, 0.2) is 23.0 Å². The fraction of sp³-hybridized carbons (Fsp3) is 0. The van der Waals surface area contributed by atoms with Gasteiger partial charge in [-0.15, -0.1) is 0 Å². The van der Waals surface area contributed by atoms with E-state index in [1.54, 1.807) is 12.1 Å². The Morgan fingerprint density at radius 3 is 2.72 bits per heavy atom. The molecule has 3 heterocycles. The van der Waals surface area contributed by atoms with Crippen molar-refractivity contribution in [2.75, 3.05) is 0 Å². The molecule has 3 aromatic rings. The number of imidazole rings is 1. The molecule has 8 heteroatoms. The number of hydrogen-bond donors (Lipinski definition) is 2. The first-order chi connectivity index (χ1) is 8.63. The molecule has 90 valence electrons. The Bertz CT molecular complexity index is 735. The van der Waals surface area contributed by atoms with Gasteiger partial charge < -0.3 is 4.98 Å². The normalized spacial score (nSPS) is 11.0. The van der Waals surface area contributed by atoms with Gasteiger partial charge in [0.25, 0.3) is 5.56 Å². The van der Waals surface area contributed by atoms with Gasteiger partial charge in [0.1, 0.15) is 10.8 Å². The summed E-state index contributed by atoms with van der Waals surface area (Å²) < 4.78 is 0. The molecule has 0 radical (unpaired) electrons. The molecule has 0 saturated carbocycles. The maximum absolute atomic E-state index is 10.9. The Morgan fingerprint density at radius 1 is 1.17 bits per heavy atom. The van der Waals surface area contributed by atoms with Crippen molar-refractivity contribution in [3.63, 3.8) is 0 Å². The molecule has 0 saturated heterocycles. The molecule has 18 heavy (non-hydrogen) atoms. The Hall–Kier alpha value is -1.92. The highest BCUT2D eigenvalue weighted by atomic mass is 35.5. The van der Waals surface area contributed by atoms with Gasteiger partial charge in [-0.3, -0.25) is 4.79 Å². The lowest BCUT2D eigenvalue weighted by Crippen LogP contribution is -2.05. The maximum atomic E-state index is 10.9. The van der Waals surface area contributed by atoms with E-state index in [0.29, 0.717) is 27.7 Å². The fourth-order valence-corrected chi connectivity index (χ4v) is 1.78. The Balaban J connectivity index is 2.19. The number of aromatic amines is 2. The Kier molecular flexibility index (Phi) is 2.53. The highest BCUT2D eigenvalue weighted by Gasteiger charge is 2.10. The van der Waals surface area contributed by atoms with Crippen molar-refractivity contribution in [1.29, 1.82) is 0 Å². The van der Waals surface area contributed by atoms with E-state index in [1.807, 2.05) is 0 Å². The SMILES string of the molecule is O=c1ccc(-c2nc3nc(Cl)c(Cl)cc3[nH]2)n[nH]1. The summed E-state index contributed by atoms with van der Waals surface area (Å²) in [7, 11) is 0. The first-order valence-corrected chi connectivity index (χ1v) is 5.67. The quantitative estimate of drug-likeness (QED) is 0.668. The monoisotopic (exact) mass is 281 g/mol. The summed E-state index contributed by atoms with van der Waals surface area (Å²) in [5, 5.41) is 6.72. The van der Waals surface area contributed by atoms with Crippen LogP contribution in [0.1, 0.15) is 0 Å². The number of nitrogens with one attached hydrogen (secondary N) is 2. The lowest BCUT2D eigenvalue weighted by Gasteiger charge is -1.92. The second kappa shape index (κ2) is 4.08. The number of H-pyrrole nitrogens is 2. The molecule has 0 aliphatic rings. The van der Waals surface area contributed by atoms with Gasteiger partial charge in [0.05, 0.1) is 10.5 Å². The molecule has 6 nitrogen and oxygen atoms in total. The van der Waals surface area contributed by atoms with Crippen molar-refractivity contribution in [3.8, 4) is 11.5 Å². The number of fused-ring (bicyclic) bond motifs is 1. The van der Waals surface area contributed by atoms with Crippen LogP contribution in [0.4, 0.5) is 0 Å². The third kappa shape index (κ3) is 1.85. The number of pyridine rings is 1. The minimum absolute atomic E-state index is 0.191. The van der Waals surface area contributed by atoms with Crippen molar-refractivity contribution in [3.05, 3.63) is 38.7 Å². The predicted octanol–water partition coefficient (Wildman–Crippen LogP) is 2.01. The van der Waals surface area contributed by atoms with Crippen LogP contribution >= 0.6 is 23.2 Å². The van der Waals surface area contributed by atoms with E-state index >= 15 is 0 Å². The van der Waals surface area contributed by atoms with E-state index in [4.69, 9.17) is 23.2 Å². The molecule has 3 rings (SSSR count). The summed E-state index contributed by atoms with van der Waals surface area (Å²) in [6.45, 7) is 0. The lowest BCUT2D eigenvalue weighted by molar-refractivity contribution is 0.985. The zero-order valence-electron chi connectivity index (χ0n) is 8.74. The summed E-state index contributed by atoms with van der Waals surface area (Å²) in [6, 6.07) is 4.55. The maximum Gasteiger partial charge on any atom is 0.264 e. The molecule has 0 spiro atoms. The summed E-state index contributed by atoms with van der Waals surface area (Å²) >= 11 is 11.7. The number of hydrogen-bond acceptors (Lipinski definition) is 4. The first-order valence-electron chi connectivity index (χ1n) is 4.91. The van der Waals surface area contributed by atoms with E-state index < -0.39 is 0 Å². The van der Waals surface area contributed by atoms with Crippen LogP contribution < -0.4 is 5.56 Å². The fourth-order valence-electron chi connectivity index (χ4n) is 1.49. The Labute approximate surface area is 110 Å². The van der Waals surface area contributed by atoms with Crippen LogP contribution in [0.5, 0.6) is 0 Å². The minimum atomic E-state index is -0.279. The predicted molar refractivity (Wildman–Crippen MR) is 67.8 cm³/mol. The summed E-state index contributed by atoms with van der Waals surface area (Å²) in [6.07, 6.45) is 0. The summed E-state index contributed by atoms with van der Waals surface area (Å²) in [5.74, 6) is 0.479. The minimum Gasteiger partial charge on any atom is -0.335 e. The zero-order valence-corrected chi connectivity index (χ0v) is 10.2. The number of rotatable bonds is 1. The van der Waals surface area contributed by atoms with Gasteiger partial charge in [-0.1, -0.05) is 23.2 Å². The molecule has 0 unspecified atom stereocenters. The summed E-state index contributed by atoms with van der Waals surface area (Å²) in [5.41, 5.74) is 1.30. The Morgan fingerprint density at radius 2 is 2.00 bits per heavy atom. The van der Waals surface area contributed by atoms with Crippen LogP contribution in [-0.2, 0) is 0 Å². The van der Waals surface area contributed by atoms with Crippen molar-refractivity contribution < 1.29 is 0 Å². The molecule has 3 aromatic heterocycles. The molecular weight excluding hydrogens is 277 g/mol. The third-order valence-corrected chi connectivity index (χ3v) is 2.98. The van der Waals surface area contributed by atoms with Crippen LogP contribution in [0.2, 0.25) is 10.2 Å². The van der Waals surface area contributed by atoms with Crippen molar-refractivity contribution in [2.24, 2.45) is 0 Å². The van der Waals surface area contributed by atoms with Gasteiger partial charge in [0, 0.05) is 6.07 Å². The van der Waals surface area contributed by atoms with Gasteiger partial charge in [-0.2, -0.15) is 5.10 Å². The van der Waals surface area contributed by atoms with Crippen LogP contribution in [0.25, 0.3) is 22.7 Å². The van der Waals surface area contributed by atoms with Crippen molar-refractivity contribution >= 4 is 34.4 Å². The van der Waals surface area contributed by atoms with E-state index in [1.165, 1.54) is 6.07 Å². The molecule has 0 aromatic carbocycles. The molecule has 0 aliphatic heterocycles. The largest absolute Gasteiger partial charge is 0.335 e. The number of halogens is 2. The molecule has 0 amide bonds. The third-order valence-electron chi connectivity index (χ3n) is 2.31. The first kappa shape index (κ1) is 11.2. The van der Waals surface area contributed by atoms with Crippen LogP contribution in [0.3, 0.4) is 0 Å². The number of nitrogens with zero attached hydrogens (tertiary/aromatic N) is 3. The smallest absolute Gasteiger partial charge is 0.264 e. The van der Waals surface area contributed by atoms with E-state index in [9.17, 15) is 4.79 Å². The van der Waals surface area contributed by atoms with Gasteiger partial charge in [0.2, 0.25) is 0 Å². The van der Waals surface area contributed by atoms with E-state index in [0.717, 1.165) is 0 Å². The molecular formula is C10H5Cl2N5O. The van der Waals surface area contributed by atoms with Gasteiger partial charge in [-0.25, -0.2) is 15.1 Å². The molecule has 0 atom stereocenters. The van der Waals surface area contributed by atoms with E-state index in [-0.39, 0.29) is 10.7 Å². The second-order valence-corrected chi connectivity index (χ2v) is 4.29. The van der Waals surface area contributed by atoms with E-state index in [2.05, 4.69) is 25.1 Å². The standard InChI is InChI=1S/C10H5Cl2N5O/c11-4-3-6-10(14-8(4)12)15-9(13-6)5-1-2-7(18)17-16-5/h1-3H,(H,17,18)(H,13,14,15). The molecule has 2 N–H and O–H groups in total. The van der Waals surface area contributed by atoms with Gasteiger partial charge in [0.15, 0.2) is 11.5 Å². The van der Waals surface area contributed by atoms with Gasteiger partial charge in [-0.05, 0) is 12.1 Å². The number of aromatic nitrogens is 5. The van der Waals surface area contributed by atoms with Gasteiger partial charge >= 0.3 is 0 Å². The highest BCUT2D eigenvalue weighted by Crippen LogP contribution is 2.24. The average molecular weight is 282 g/mol. The van der Waals surface area contributed by atoms with Crippen LogP contribution in [-0.4, -0.2) is 25.1 Å². The highest BCUT2D eigenvalue weighted by molar-refractivity contribution is 6.41. The van der Waals surface area contributed by atoms with Crippen molar-refractivity contribution in [1.82, 2.24) is 25.1 Å². The van der Waals surface area contributed by atoms with Crippen LogP contribution in [0, 0.1) is 0 Å². The molecule has 0 aliphatic carbocycles.